The van der Waals surface area contributed by atoms with E-state index < -0.39 is 0 Å². The molecule has 1 N–H and O–H groups in total. The standard InChI is InChI=1S/C22H25FN4/c1-17-5-6-18(21(23)16-17)4-3-11-26-22(24-2)19-7-9-20(10-8-19)27-14-12-25-13-15-27/h3,5-11,16,25H,2,4,12-15H2,1H3/b11-3-,26-22?. The highest BCUT2D eigenvalue weighted by atomic mass is 19.1. The molecule has 0 atom stereocenters. The number of benzene rings is 2. The fraction of sp³-hybridized carbons (Fsp3) is 0.273. The van der Waals surface area contributed by atoms with E-state index in [0.717, 1.165) is 37.3 Å². The lowest BCUT2D eigenvalue weighted by molar-refractivity contribution is 0.589. The van der Waals surface area contributed by atoms with Gasteiger partial charge >= 0.3 is 0 Å². The Morgan fingerprint density at radius 2 is 1.93 bits per heavy atom. The summed E-state index contributed by atoms with van der Waals surface area (Å²) >= 11 is 0. The van der Waals surface area contributed by atoms with Gasteiger partial charge in [0.1, 0.15) is 5.82 Å². The van der Waals surface area contributed by atoms with E-state index in [1.165, 1.54) is 5.69 Å². The highest BCUT2D eigenvalue weighted by Gasteiger charge is 2.10. The van der Waals surface area contributed by atoms with Gasteiger partial charge in [0.25, 0.3) is 0 Å². The van der Waals surface area contributed by atoms with E-state index in [-0.39, 0.29) is 5.82 Å². The Hall–Kier alpha value is -2.79. The molecule has 2 aromatic rings. The maximum absolute atomic E-state index is 13.9. The predicted octanol–water partition coefficient (Wildman–Crippen LogP) is 3.75. The average molecular weight is 364 g/mol. The zero-order chi connectivity index (χ0) is 19.1. The number of aliphatic imine (C=N–C) groups is 2. The number of nitrogens with zero attached hydrogens (tertiary/aromatic N) is 3. The highest BCUT2D eigenvalue weighted by Crippen LogP contribution is 2.17. The lowest BCUT2D eigenvalue weighted by atomic mass is 10.1. The summed E-state index contributed by atoms with van der Waals surface area (Å²) in [6.07, 6.45) is 3.98. The lowest BCUT2D eigenvalue weighted by Gasteiger charge is -2.29. The Bertz CT molecular complexity index is 834. The van der Waals surface area contributed by atoms with Crippen molar-refractivity contribution >= 4 is 18.2 Å². The van der Waals surface area contributed by atoms with Crippen LogP contribution in [0.25, 0.3) is 0 Å². The molecule has 4 nitrogen and oxygen atoms in total. The molecule has 1 aliphatic heterocycles. The molecule has 0 aliphatic carbocycles. The van der Waals surface area contributed by atoms with E-state index in [2.05, 4.69) is 39.1 Å². The van der Waals surface area contributed by atoms with Gasteiger partial charge in [-0.15, -0.1) is 0 Å². The maximum Gasteiger partial charge on any atom is 0.158 e. The number of rotatable bonds is 5. The van der Waals surface area contributed by atoms with E-state index in [1.807, 2.05) is 31.2 Å². The van der Waals surface area contributed by atoms with Crippen molar-refractivity contribution in [2.45, 2.75) is 13.3 Å². The number of hydrogen-bond donors (Lipinski definition) is 1. The van der Waals surface area contributed by atoms with E-state index in [1.54, 1.807) is 18.3 Å². The third kappa shape index (κ3) is 5.11. The number of amidine groups is 1. The summed E-state index contributed by atoms with van der Waals surface area (Å²) in [6, 6.07) is 13.5. The smallest absolute Gasteiger partial charge is 0.158 e. The molecule has 0 unspecified atom stereocenters. The van der Waals surface area contributed by atoms with Crippen LogP contribution in [-0.4, -0.2) is 38.7 Å². The molecule has 0 bridgehead atoms. The Balaban J connectivity index is 1.65. The molecule has 0 amide bonds. The number of anilines is 1. The van der Waals surface area contributed by atoms with Crippen molar-refractivity contribution in [3.8, 4) is 0 Å². The van der Waals surface area contributed by atoms with E-state index in [0.29, 0.717) is 17.8 Å². The molecule has 2 aromatic carbocycles. The Kier molecular flexibility index (Phi) is 6.49. The molecule has 1 aliphatic rings. The first-order valence-corrected chi connectivity index (χ1v) is 9.18. The van der Waals surface area contributed by atoms with Crippen LogP contribution in [0.5, 0.6) is 0 Å². The third-order valence-electron chi connectivity index (χ3n) is 4.61. The summed E-state index contributed by atoms with van der Waals surface area (Å²) in [5, 5.41) is 3.35. The van der Waals surface area contributed by atoms with E-state index >= 15 is 0 Å². The van der Waals surface area contributed by atoms with Crippen LogP contribution in [0, 0.1) is 12.7 Å². The van der Waals surface area contributed by atoms with Gasteiger partial charge in [-0.1, -0.05) is 18.2 Å². The Morgan fingerprint density at radius 3 is 2.59 bits per heavy atom. The molecular weight excluding hydrogens is 339 g/mol. The van der Waals surface area contributed by atoms with Crippen LogP contribution in [0.3, 0.4) is 0 Å². The van der Waals surface area contributed by atoms with Gasteiger partial charge in [-0.25, -0.2) is 14.4 Å². The molecule has 27 heavy (non-hydrogen) atoms. The van der Waals surface area contributed by atoms with Gasteiger partial charge in [-0.05, 0) is 61.5 Å². The summed E-state index contributed by atoms with van der Waals surface area (Å²) in [7, 11) is 0. The van der Waals surface area contributed by atoms with E-state index in [9.17, 15) is 4.39 Å². The third-order valence-corrected chi connectivity index (χ3v) is 4.61. The van der Waals surface area contributed by atoms with Crippen molar-refractivity contribution in [3.63, 3.8) is 0 Å². The summed E-state index contributed by atoms with van der Waals surface area (Å²) in [5.74, 6) is 0.372. The molecule has 0 aromatic heterocycles. The SMILES string of the molecule is C=NC(=N/C=C\Cc1ccc(C)cc1F)c1ccc(N2CCNCC2)cc1. The first-order chi connectivity index (χ1) is 13.2. The van der Waals surface area contributed by atoms with Crippen molar-refractivity contribution in [3.05, 3.63) is 77.2 Å². The van der Waals surface area contributed by atoms with Gasteiger partial charge in [0.15, 0.2) is 5.84 Å². The Morgan fingerprint density at radius 1 is 1.19 bits per heavy atom. The molecule has 1 saturated heterocycles. The number of nitrogens with one attached hydrogen (secondary N) is 1. The summed E-state index contributed by atoms with van der Waals surface area (Å²) in [4.78, 5) is 10.8. The van der Waals surface area contributed by atoms with Gasteiger partial charge in [-0.2, -0.15) is 0 Å². The van der Waals surface area contributed by atoms with Gasteiger partial charge in [0.2, 0.25) is 0 Å². The van der Waals surface area contributed by atoms with Gasteiger partial charge in [-0.3, -0.25) is 0 Å². The molecule has 1 fully saturated rings. The summed E-state index contributed by atoms with van der Waals surface area (Å²) in [5.41, 5.74) is 3.69. The first kappa shape index (κ1) is 19.0. The van der Waals surface area contributed by atoms with Crippen molar-refractivity contribution in [2.24, 2.45) is 9.98 Å². The monoisotopic (exact) mass is 364 g/mol. The van der Waals surface area contributed by atoms with Gasteiger partial charge < -0.3 is 10.2 Å². The molecule has 0 radical (unpaired) electrons. The zero-order valence-electron chi connectivity index (χ0n) is 15.7. The van der Waals surface area contributed by atoms with Crippen molar-refractivity contribution in [2.75, 3.05) is 31.1 Å². The second-order valence-corrected chi connectivity index (χ2v) is 6.58. The van der Waals surface area contributed by atoms with Crippen LogP contribution in [0.2, 0.25) is 0 Å². The van der Waals surface area contributed by atoms with Crippen LogP contribution in [0.4, 0.5) is 10.1 Å². The van der Waals surface area contributed by atoms with Crippen LogP contribution >= 0.6 is 0 Å². The second kappa shape index (κ2) is 9.24. The maximum atomic E-state index is 13.9. The second-order valence-electron chi connectivity index (χ2n) is 6.58. The van der Waals surface area contributed by atoms with Crippen LogP contribution in [-0.2, 0) is 6.42 Å². The van der Waals surface area contributed by atoms with Crippen LogP contribution in [0.1, 0.15) is 16.7 Å². The van der Waals surface area contributed by atoms with Gasteiger partial charge in [0.05, 0.1) is 0 Å². The summed E-state index contributed by atoms with van der Waals surface area (Å²) < 4.78 is 13.9. The fourth-order valence-corrected chi connectivity index (χ4v) is 3.07. The van der Waals surface area contributed by atoms with Crippen LogP contribution < -0.4 is 10.2 Å². The number of aryl methyl sites for hydroxylation is 1. The molecule has 5 heteroatoms. The van der Waals surface area contributed by atoms with E-state index in [4.69, 9.17) is 0 Å². The normalized spacial score (nSPS) is 15.3. The van der Waals surface area contributed by atoms with Crippen molar-refractivity contribution in [1.82, 2.24) is 5.32 Å². The van der Waals surface area contributed by atoms with Gasteiger partial charge in [0, 0.05) is 43.6 Å². The number of hydrogen-bond acceptors (Lipinski definition) is 3. The first-order valence-electron chi connectivity index (χ1n) is 9.18. The largest absolute Gasteiger partial charge is 0.369 e. The lowest BCUT2D eigenvalue weighted by Crippen LogP contribution is -2.43. The number of halogens is 1. The molecule has 3 rings (SSSR count). The zero-order valence-corrected chi connectivity index (χ0v) is 15.7. The molecular formula is C22H25FN4. The quantitative estimate of drug-likeness (QED) is 0.648. The molecule has 0 spiro atoms. The minimum atomic E-state index is -0.186. The minimum Gasteiger partial charge on any atom is -0.369 e. The number of allylic oxidation sites excluding steroid dienone is 1. The minimum absolute atomic E-state index is 0.186. The predicted molar refractivity (Wildman–Crippen MR) is 112 cm³/mol. The topological polar surface area (TPSA) is 40.0 Å². The molecule has 0 saturated carbocycles. The highest BCUT2D eigenvalue weighted by molar-refractivity contribution is 6.01. The molecule has 1 heterocycles. The van der Waals surface area contributed by atoms with Crippen LogP contribution in [0.15, 0.2) is 64.7 Å². The fourth-order valence-electron chi connectivity index (χ4n) is 3.07. The Labute approximate surface area is 160 Å². The average Bonchev–Trinajstić information content (AvgIpc) is 2.70. The summed E-state index contributed by atoms with van der Waals surface area (Å²) in [6.45, 7) is 9.54. The van der Waals surface area contributed by atoms with Crippen molar-refractivity contribution in [1.29, 1.82) is 0 Å². The number of piperazine rings is 1. The molecule has 140 valence electrons. The van der Waals surface area contributed by atoms with Crippen molar-refractivity contribution < 1.29 is 4.39 Å².